The lowest BCUT2D eigenvalue weighted by atomic mass is 9.89. The highest BCUT2D eigenvalue weighted by molar-refractivity contribution is 5.93. The zero-order chi connectivity index (χ0) is 16.7. The maximum absolute atomic E-state index is 12.7. The molecule has 1 unspecified atom stereocenters. The number of nitrogens with zero attached hydrogens (tertiary/aromatic N) is 2. The second-order valence-corrected chi connectivity index (χ2v) is 6.74. The maximum atomic E-state index is 12.7. The number of fused-ring (bicyclic) bond motifs is 3. The van der Waals surface area contributed by atoms with Gasteiger partial charge in [0.15, 0.2) is 0 Å². The number of benzene rings is 1. The lowest BCUT2D eigenvalue weighted by Gasteiger charge is -2.21. The van der Waals surface area contributed by atoms with Crippen LogP contribution in [0.5, 0.6) is 0 Å². The number of imidazole rings is 1. The van der Waals surface area contributed by atoms with E-state index in [4.69, 9.17) is 4.98 Å². The molecule has 0 spiro atoms. The molecule has 2 aromatic heterocycles. The minimum absolute atomic E-state index is 0.00146. The van der Waals surface area contributed by atoms with Crippen molar-refractivity contribution in [1.29, 1.82) is 0 Å². The lowest BCUT2D eigenvalue weighted by molar-refractivity contribution is -0.120. The van der Waals surface area contributed by atoms with Gasteiger partial charge in [-0.2, -0.15) is 0 Å². The average molecular weight is 319 g/mol. The number of anilines is 1. The Bertz CT molecular complexity index is 926. The molecule has 3 aromatic rings. The number of pyridine rings is 1. The molecule has 0 saturated carbocycles. The Morgan fingerprint density at radius 3 is 2.92 bits per heavy atom. The average Bonchev–Trinajstić information content (AvgIpc) is 2.92. The third-order valence-corrected chi connectivity index (χ3v) is 4.77. The number of aromatic nitrogens is 2. The summed E-state index contributed by atoms with van der Waals surface area (Å²) in [6.07, 6.45) is 4.58. The van der Waals surface area contributed by atoms with Gasteiger partial charge in [-0.05, 0) is 56.0 Å². The molecule has 0 fully saturated rings. The first kappa shape index (κ1) is 14.9. The van der Waals surface area contributed by atoms with Crippen LogP contribution in [0.4, 0.5) is 5.69 Å². The maximum Gasteiger partial charge on any atom is 0.227 e. The van der Waals surface area contributed by atoms with Crippen LogP contribution in [-0.2, 0) is 17.6 Å². The van der Waals surface area contributed by atoms with Gasteiger partial charge in [0, 0.05) is 29.9 Å². The lowest BCUT2D eigenvalue weighted by Crippen LogP contribution is -2.28. The van der Waals surface area contributed by atoms with Gasteiger partial charge in [-0.3, -0.25) is 4.79 Å². The molecule has 4 heteroatoms. The van der Waals surface area contributed by atoms with Gasteiger partial charge in [0.1, 0.15) is 5.65 Å². The van der Waals surface area contributed by atoms with E-state index in [0.29, 0.717) is 0 Å². The Labute approximate surface area is 141 Å². The fourth-order valence-electron chi connectivity index (χ4n) is 3.50. The van der Waals surface area contributed by atoms with E-state index in [-0.39, 0.29) is 11.8 Å². The van der Waals surface area contributed by atoms with Gasteiger partial charge in [0.05, 0.1) is 5.69 Å². The number of hydrogen-bond acceptors (Lipinski definition) is 2. The summed E-state index contributed by atoms with van der Waals surface area (Å²) in [5, 5.41) is 3.07. The van der Waals surface area contributed by atoms with E-state index in [1.54, 1.807) is 0 Å². The Hall–Kier alpha value is -2.62. The first-order chi connectivity index (χ1) is 11.6. The summed E-state index contributed by atoms with van der Waals surface area (Å²) >= 11 is 0. The SMILES string of the molecule is Cc1cccc(NC(=O)C2CCc3nc4ccc(C)cn4c3C2)c1. The quantitative estimate of drug-likeness (QED) is 0.783. The molecule has 1 aromatic carbocycles. The van der Waals surface area contributed by atoms with E-state index in [0.717, 1.165) is 41.9 Å². The van der Waals surface area contributed by atoms with Crippen LogP contribution in [0.25, 0.3) is 5.65 Å². The monoisotopic (exact) mass is 319 g/mol. The number of rotatable bonds is 2. The molecule has 1 aliphatic carbocycles. The molecule has 4 rings (SSSR count). The van der Waals surface area contributed by atoms with Crippen molar-refractivity contribution in [3.05, 3.63) is 65.1 Å². The molecule has 1 atom stereocenters. The molecule has 122 valence electrons. The summed E-state index contributed by atoms with van der Waals surface area (Å²) in [6, 6.07) is 12.1. The van der Waals surface area contributed by atoms with E-state index in [1.807, 2.05) is 31.2 Å². The molecule has 24 heavy (non-hydrogen) atoms. The van der Waals surface area contributed by atoms with Crippen molar-refractivity contribution in [2.75, 3.05) is 5.32 Å². The fraction of sp³-hybridized carbons (Fsp3) is 0.300. The summed E-state index contributed by atoms with van der Waals surface area (Å²) < 4.78 is 2.15. The molecule has 1 N–H and O–H groups in total. The molecule has 0 bridgehead atoms. The highest BCUT2D eigenvalue weighted by atomic mass is 16.1. The number of carbonyl (C=O) groups is 1. The van der Waals surface area contributed by atoms with Gasteiger partial charge < -0.3 is 9.72 Å². The largest absolute Gasteiger partial charge is 0.326 e. The predicted molar refractivity (Wildman–Crippen MR) is 95.3 cm³/mol. The molecule has 0 radical (unpaired) electrons. The highest BCUT2D eigenvalue weighted by Gasteiger charge is 2.28. The topological polar surface area (TPSA) is 46.4 Å². The minimum Gasteiger partial charge on any atom is -0.326 e. The number of amides is 1. The van der Waals surface area contributed by atoms with Crippen LogP contribution in [-0.4, -0.2) is 15.3 Å². The van der Waals surface area contributed by atoms with Gasteiger partial charge in [-0.25, -0.2) is 4.98 Å². The van der Waals surface area contributed by atoms with Gasteiger partial charge in [0.25, 0.3) is 0 Å². The molecule has 0 saturated heterocycles. The zero-order valence-corrected chi connectivity index (χ0v) is 14.0. The normalized spacial score (nSPS) is 16.8. The van der Waals surface area contributed by atoms with Crippen LogP contribution in [0.2, 0.25) is 0 Å². The molecule has 4 nitrogen and oxygen atoms in total. The van der Waals surface area contributed by atoms with E-state index in [9.17, 15) is 4.79 Å². The predicted octanol–water partition coefficient (Wildman–Crippen LogP) is 3.69. The van der Waals surface area contributed by atoms with Crippen molar-refractivity contribution in [3.63, 3.8) is 0 Å². The smallest absolute Gasteiger partial charge is 0.227 e. The van der Waals surface area contributed by atoms with Crippen LogP contribution in [0, 0.1) is 19.8 Å². The summed E-state index contributed by atoms with van der Waals surface area (Å²) in [6.45, 7) is 4.11. The van der Waals surface area contributed by atoms with Crippen LogP contribution in [0.3, 0.4) is 0 Å². The van der Waals surface area contributed by atoms with E-state index >= 15 is 0 Å². The first-order valence-corrected chi connectivity index (χ1v) is 8.44. The second kappa shape index (κ2) is 5.78. The van der Waals surface area contributed by atoms with Crippen molar-refractivity contribution < 1.29 is 4.79 Å². The molecular weight excluding hydrogens is 298 g/mol. The molecule has 1 amide bonds. The van der Waals surface area contributed by atoms with E-state index in [2.05, 4.69) is 35.0 Å². The Balaban J connectivity index is 1.58. The minimum atomic E-state index is -0.00146. The van der Waals surface area contributed by atoms with Crippen LogP contribution >= 0.6 is 0 Å². The number of hydrogen-bond donors (Lipinski definition) is 1. The van der Waals surface area contributed by atoms with Gasteiger partial charge in [-0.1, -0.05) is 18.2 Å². The van der Waals surface area contributed by atoms with Crippen molar-refractivity contribution in [2.24, 2.45) is 5.92 Å². The highest BCUT2D eigenvalue weighted by Crippen LogP contribution is 2.27. The molecular formula is C20H21N3O. The van der Waals surface area contributed by atoms with E-state index < -0.39 is 0 Å². The zero-order valence-electron chi connectivity index (χ0n) is 14.0. The summed E-state index contributed by atoms with van der Waals surface area (Å²) in [7, 11) is 0. The van der Waals surface area contributed by atoms with Crippen LogP contribution < -0.4 is 5.32 Å². The van der Waals surface area contributed by atoms with Crippen molar-refractivity contribution in [1.82, 2.24) is 9.38 Å². The Morgan fingerprint density at radius 1 is 1.21 bits per heavy atom. The van der Waals surface area contributed by atoms with Crippen molar-refractivity contribution in [3.8, 4) is 0 Å². The molecule has 2 heterocycles. The van der Waals surface area contributed by atoms with E-state index in [1.165, 1.54) is 11.3 Å². The summed E-state index contributed by atoms with van der Waals surface area (Å²) in [5.41, 5.74) is 6.53. The fourth-order valence-corrected chi connectivity index (χ4v) is 3.50. The number of nitrogens with one attached hydrogen (secondary N) is 1. The molecule has 1 aliphatic rings. The summed E-state index contributed by atoms with van der Waals surface area (Å²) in [5.74, 6) is 0.104. The molecule has 0 aliphatic heterocycles. The first-order valence-electron chi connectivity index (χ1n) is 8.44. The third-order valence-electron chi connectivity index (χ3n) is 4.77. The second-order valence-electron chi connectivity index (χ2n) is 6.74. The standard InChI is InChI=1S/C20H21N3O/c1-13-4-3-5-16(10-13)21-20(24)15-7-8-17-18(11-15)23-12-14(2)6-9-19(23)22-17/h3-6,9-10,12,15H,7-8,11H2,1-2H3,(H,21,24). The van der Waals surface area contributed by atoms with Gasteiger partial charge in [0.2, 0.25) is 5.91 Å². The summed E-state index contributed by atoms with van der Waals surface area (Å²) in [4.78, 5) is 17.4. The Morgan fingerprint density at radius 2 is 2.08 bits per heavy atom. The Kier molecular flexibility index (Phi) is 3.60. The number of aryl methyl sites for hydroxylation is 3. The van der Waals surface area contributed by atoms with Crippen molar-refractivity contribution in [2.45, 2.75) is 33.1 Å². The van der Waals surface area contributed by atoms with Crippen LogP contribution in [0.15, 0.2) is 42.6 Å². The van der Waals surface area contributed by atoms with Gasteiger partial charge >= 0.3 is 0 Å². The van der Waals surface area contributed by atoms with Crippen molar-refractivity contribution >= 4 is 17.2 Å². The number of carbonyl (C=O) groups excluding carboxylic acids is 1. The third kappa shape index (κ3) is 2.68. The van der Waals surface area contributed by atoms with Crippen LogP contribution in [0.1, 0.15) is 28.9 Å². The van der Waals surface area contributed by atoms with Gasteiger partial charge in [-0.15, -0.1) is 0 Å².